The zero-order chi connectivity index (χ0) is 22.5. The van der Waals surface area contributed by atoms with Gasteiger partial charge in [-0.25, -0.2) is 5.10 Å². The van der Waals surface area contributed by atoms with Crippen LogP contribution in [0.3, 0.4) is 0 Å². The van der Waals surface area contributed by atoms with Crippen molar-refractivity contribution in [3.8, 4) is 5.75 Å². The van der Waals surface area contributed by atoms with Gasteiger partial charge in [0.15, 0.2) is 0 Å². The number of halogens is 2. The molecule has 0 unspecified atom stereocenters. The Hall–Kier alpha value is -2.48. The minimum Gasteiger partial charge on any atom is -0.492 e. The van der Waals surface area contributed by atoms with Gasteiger partial charge < -0.3 is 15.4 Å². The topological polar surface area (TPSA) is 83.3 Å². The summed E-state index contributed by atoms with van der Waals surface area (Å²) in [5, 5.41) is 8.35. The van der Waals surface area contributed by atoms with E-state index in [1.54, 1.807) is 0 Å². The van der Waals surface area contributed by atoms with Gasteiger partial charge in [0, 0.05) is 35.2 Å². The Labute approximate surface area is 198 Å². The van der Waals surface area contributed by atoms with E-state index in [1.807, 2.05) is 36.4 Å². The summed E-state index contributed by atoms with van der Waals surface area (Å²) < 4.78 is 6.15. The van der Waals surface area contributed by atoms with Gasteiger partial charge in [0.1, 0.15) is 12.4 Å². The van der Waals surface area contributed by atoms with Crippen molar-refractivity contribution in [3.63, 3.8) is 0 Å². The number of aromatic nitrogens is 3. The normalized spacial score (nSPS) is 15.8. The Bertz CT molecular complexity index is 986. The smallest absolute Gasteiger partial charge is 0.246 e. The maximum absolute atomic E-state index is 6.15. The molecule has 1 saturated heterocycles. The molecule has 7 nitrogen and oxygen atoms in total. The molecule has 9 heteroatoms. The second kappa shape index (κ2) is 10.4. The fourth-order valence-corrected chi connectivity index (χ4v) is 4.37. The number of benzene rings is 2. The van der Waals surface area contributed by atoms with Crippen molar-refractivity contribution in [3.05, 3.63) is 64.1 Å². The molecule has 0 radical (unpaired) electrons. The number of piperidine rings is 1. The SMILES string of the molecule is CN(C1CCN(c2n[nH]c(N)n2)CC1)[C@H](COc1ccc(Cl)cc1)Cc1ccc(Cl)cc1. The molecule has 0 amide bonds. The van der Waals surface area contributed by atoms with E-state index in [9.17, 15) is 0 Å². The van der Waals surface area contributed by atoms with Crippen LogP contribution in [-0.2, 0) is 6.42 Å². The Morgan fingerprint density at radius 3 is 2.31 bits per heavy atom. The van der Waals surface area contributed by atoms with Gasteiger partial charge in [-0.3, -0.25) is 4.90 Å². The highest BCUT2D eigenvalue weighted by molar-refractivity contribution is 6.30. The average molecular weight is 475 g/mol. The van der Waals surface area contributed by atoms with Crippen LogP contribution in [0, 0.1) is 0 Å². The minimum atomic E-state index is 0.211. The number of ether oxygens (including phenoxy) is 1. The lowest BCUT2D eigenvalue weighted by Crippen LogP contribution is -2.50. The van der Waals surface area contributed by atoms with Crippen LogP contribution in [0.4, 0.5) is 11.9 Å². The van der Waals surface area contributed by atoms with Crippen LogP contribution in [0.25, 0.3) is 0 Å². The second-order valence-electron chi connectivity index (χ2n) is 8.15. The number of nitrogen functional groups attached to an aromatic ring is 1. The molecule has 3 N–H and O–H groups in total. The van der Waals surface area contributed by atoms with Crippen molar-refractivity contribution in [2.24, 2.45) is 0 Å². The predicted molar refractivity (Wildman–Crippen MR) is 130 cm³/mol. The number of likely N-dealkylation sites (N-methyl/N-ethyl adjacent to an activating group) is 1. The molecule has 32 heavy (non-hydrogen) atoms. The first-order valence-electron chi connectivity index (χ1n) is 10.8. The number of nitrogens with one attached hydrogen (secondary N) is 1. The van der Waals surface area contributed by atoms with Crippen LogP contribution < -0.4 is 15.4 Å². The standard InChI is InChI=1S/C23H28Cl2N6O/c1-30(19-10-12-31(13-11-19)23-27-22(26)28-29-23)20(14-16-2-4-17(24)5-3-16)15-32-21-8-6-18(25)7-9-21/h2-9,19-20H,10-15H2,1H3,(H3,26,27,28,29)/t20-/m0/s1. The molecule has 170 valence electrons. The van der Waals surface area contributed by atoms with Gasteiger partial charge in [0.25, 0.3) is 0 Å². The third-order valence-electron chi connectivity index (χ3n) is 6.03. The molecule has 1 aromatic heterocycles. The maximum Gasteiger partial charge on any atom is 0.246 e. The molecule has 0 spiro atoms. The number of anilines is 2. The predicted octanol–water partition coefficient (Wildman–Crippen LogP) is 4.28. The Morgan fingerprint density at radius 1 is 1.09 bits per heavy atom. The molecule has 4 rings (SSSR count). The lowest BCUT2D eigenvalue weighted by Gasteiger charge is -2.40. The highest BCUT2D eigenvalue weighted by Crippen LogP contribution is 2.24. The fraction of sp³-hybridized carbons (Fsp3) is 0.391. The number of nitrogens with zero attached hydrogens (tertiary/aromatic N) is 4. The van der Waals surface area contributed by atoms with Gasteiger partial charge in [0.2, 0.25) is 11.9 Å². The third-order valence-corrected chi connectivity index (χ3v) is 6.53. The quantitative estimate of drug-likeness (QED) is 0.506. The van der Waals surface area contributed by atoms with E-state index >= 15 is 0 Å². The van der Waals surface area contributed by atoms with Gasteiger partial charge in [-0.15, -0.1) is 5.10 Å². The van der Waals surface area contributed by atoms with E-state index in [1.165, 1.54) is 5.56 Å². The number of hydrogen-bond acceptors (Lipinski definition) is 6. The van der Waals surface area contributed by atoms with Crippen molar-refractivity contribution < 1.29 is 4.74 Å². The van der Waals surface area contributed by atoms with Crippen molar-refractivity contribution in [2.75, 3.05) is 37.4 Å². The number of aromatic amines is 1. The summed E-state index contributed by atoms with van der Waals surface area (Å²) in [6.07, 6.45) is 2.91. The van der Waals surface area contributed by atoms with E-state index in [0.717, 1.165) is 43.1 Å². The van der Waals surface area contributed by atoms with Crippen molar-refractivity contribution in [2.45, 2.75) is 31.3 Å². The van der Waals surface area contributed by atoms with E-state index < -0.39 is 0 Å². The van der Waals surface area contributed by atoms with Crippen LogP contribution in [-0.4, -0.2) is 58.9 Å². The molecular weight excluding hydrogens is 447 g/mol. The van der Waals surface area contributed by atoms with Crippen molar-refractivity contribution in [1.29, 1.82) is 0 Å². The summed E-state index contributed by atoms with van der Waals surface area (Å²) in [4.78, 5) is 8.88. The Morgan fingerprint density at radius 2 is 1.72 bits per heavy atom. The largest absolute Gasteiger partial charge is 0.492 e. The van der Waals surface area contributed by atoms with E-state index in [-0.39, 0.29) is 6.04 Å². The fourth-order valence-electron chi connectivity index (χ4n) is 4.11. The molecule has 0 bridgehead atoms. The molecule has 1 aliphatic heterocycles. The number of hydrogen-bond donors (Lipinski definition) is 2. The number of rotatable bonds is 8. The van der Waals surface area contributed by atoms with Gasteiger partial charge in [-0.05, 0) is 68.3 Å². The van der Waals surface area contributed by atoms with Gasteiger partial charge >= 0.3 is 0 Å². The second-order valence-corrected chi connectivity index (χ2v) is 9.03. The summed E-state index contributed by atoms with van der Waals surface area (Å²) in [5.41, 5.74) is 6.91. The van der Waals surface area contributed by atoms with Crippen LogP contribution in [0.15, 0.2) is 48.5 Å². The third kappa shape index (κ3) is 5.85. The van der Waals surface area contributed by atoms with Crippen LogP contribution in [0.2, 0.25) is 10.0 Å². The Balaban J connectivity index is 1.41. The summed E-state index contributed by atoms with van der Waals surface area (Å²) in [5.74, 6) is 1.84. The van der Waals surface area contributed by atoms with Crippen LogP contribution in [0.5, 0.6) is 5.75 Å². The van der Waals surface area contributed by atoms with Crippen LogP contribution in [0.1, 0.15) is 18.4 Å². The molecule has 1 atom stereocenters. The lowest BCUT2D eigenvalue weighted by atomic mass is 9.99. The maximum atomic E-state index is 6.15. The lowest BCUT2D eigenvalue weighted by molar-refractivity contribution is 0.104. The monoisotopic (exact) mass is 474 g/mol. The first-order chi connectivity index (χ1) is 15.5. The molecule has 0 saturated carbocycles. The highest BCUT2D eigenvalue weighted by Gasteiger charge is 2.29. The summed E-state index contributed by atoms with van der Waals surface area (Å²) in [7, 11) is 2.19. The summed E-state index contributed by atoms with van der Waals surface area (Å²) >= 11 is 12.1. The number of H-pyrrole nitrogens is 1. The van der Waals surface area contributed by atoms with Crippen LogP contribution >= 0.6 is 23.2 Å². The first kappa shape index (κ1) is 22.7. The molecule has 3 aromatic rings. The zero-order valence-electron chi connectivity index (χ0n) is 18.0. The molecule has 0 aliphatic carbocycles. The molecule has 2 aromatic carbocycles. The number of nitrogens with two attached hydrogens (primary N) is 1. The molecule has 2 heterocycles. The minimum absolute atomic E-state index is 0.211. The van der Waals surface area contributed by atoms with E-state index in [2.05, 4.69) is 44.2 Å². The van der Waals surface area contributed by atoms with Gasteiger partial charge in [0.05, 0.1) is 0 Å². The van der Waals surface area contributed by atoms with E-state index in [0.29, 0.717) is 29.6 Å². The van der Waals surface area contributed by atoms with Crippen molar-refractivity contribution in [1.82, 2.24) is 20.1 Å². The van der Waals surface area contributed by atoms with Crippen molar-refractivity contribution >= 4 is 35.1 Å². The van der Waals surface area contributed by atoms with E-state index in [4.69, 9.17) is 33.7 Å². The zero-order valence-corrected chi connectivity index (χ0v) is 19.6. The average Bonchev–Trinajstić information content (AvgIpc) is 3.25. The molecule has 1 aliphatic rings. The molecular formula is C23H28Cl2N6O. The summed E-state index contributed by atoms with van der Waals surface area (Å²) in [6.45, 7) is 2.36. The van der Waals surface area contributed by atoms with Gasteiger partial charge in [-0.2, -0.15) is 4.98 Å². The van der Waals surface area contributed by atoms with Gasteiger partial charge in [-0.1, -0.05) is 35.3 Å². The Kier molecular flexibility index (Phi) is 7.40. The molecule has 1 fully saturated rings. The summed E-state index contributed by atoms with van der Waals surface area (Å²) in [6, 6.07) is 16.2. The highest BCUT2D eigenvalue weighted by atomic mass is 35.5. The first-order valence-corrected chi connectivity index (χ1v) is 11.5.